The Kier molecular flexibility index (Phi) is 5.44. The average molecular weight is 455 g/mol. The molecule has 2 atom stereocenters. The van der Waals surface area contributed by atoms with Crippen molar-refractivity contribution in [3.05, 3.63) is 64.1 Å². The number of hydrogen-bond donors (Lipinski definition) is 0. The van der Waals surface area contributed by atoms with Crippen molar-refractivity contribution in [2.24, 2.45) is 4.99 Å². The lowest BCUT2D eigenvalue weighted by Gasteiger charge is -2.24. The van der Waals surface area contributed by atoms with Gasteiger partial charge in [0, 0.05) is 21.0 Å². The van der Waals surface area contributed by atoms with Crippen LogP contribution in [0.25, 0.3) is 0 Å². The smallest absolute Gasteiger partial charge is 0.252 e. The Morgan fingerprint density at radius 2 is 1.93 bits per heavy atom. The summed E-state index contributed by atoms with van der Waals surface area (Å²) in [6.45, 7) is 0. The lowest BCUT2D eigenvalue weighted by atomic mass is 10.1. The largest absolute Gasteiger partial charge is 0.316 e. The zero-order valence-electron chi connectivity index (χ0n) is 14.6. The Hall–Kier alpha value is -1.54. The van der Waals surface area contributed by atoms with Gasteiger partial charge >= 0.3 is 0 Å². The van der Waals surface area contributed by atoms with Gasteiger partial charge in [0.2, 0.25) is 0 Å². The fraction of sp³-hybridized carbons (Fsp3) is 0.263. The normalized spacial score (nSPS) is 24.5. The van der Waals surface area contributed by atoms with Crippen LogP contribution in [-0.4, -0.2) is 42.3 Å². The summed E-state index contributed by atoms with van der Waals surface area (Å²) in [6.07, 6.45) is 0.0841. The molecule has 4 rings (SSSR count). The second kappa shape index (κ2) is 7.71. The van der Waals surface area contributed by atoms with Gasteiger partial charge in [-0.1, -0.05) is 59.2 Å². The van der Waals surface area contributed by atoms with Crippen molar-refractivity contribution in [2.75, 3.05) is 16.4 Å². The minimum Gasteiger partial charge on any atom is -0.316 e. The molecule has 2 aliphatic heterocycles. The van der Waals surface area contributed by atoms with Crippen LogP contribution in [0.3, 0.4) is 0 Å². The summed E-state index contributed by atoms with van der Waals surface area (Å²) in [4.78, 5) is 18.7. The van der Waals surface area contributed by atoms with Crippen molar-refractivity contribution in [1.82, 2.24) is 0 Å². The average Bonchev–Trinajstić information content (AvgIpc) is 3.07. The molecular weight excluding hydrogens is 439 g/mol. The van der Waals surface area contributed by atoms with Crippen LogP contribution in [-0.2, 0) is 21.1 Å². The first-order valence-electron chi connectivity index (χ1n) is 8.59. The molecule has 2 aromatic rings. The number of hydrogen-bond acceptors (Lipinski definition) is 4. The third-order valence-corrected chi connectivity index (χ3v) is 8.49. The topological polar surface area (TPSA) is 66.8 Å². The minimum absolute atomic E-state index is 0.0366. The maximum absolute atomic E-state index is 12.6. The fourth-order valence-corrected chi connectivity index (χ4v) is 7.76. The van der Waals surface area contributed by atoms with Crippen LogP contribution in [0.15, 0.2) is 53.5 Å². The number of thioether (sulfide) groups is 1. The fourth-order valence-electron chi connectivity index (χ4n) is 3.44. The predicted octanol–water partition coefficient (Wildman–Crippen LogP) is 3.84. The number of amidine groups is 1. The molecule has 0 aromatic heterocycles. The predicted molar refractivity (Wildman–Crippen MR) is 115 cm³/mol. The molecule has 2 heterocycles. The third kappa shape index (κ3) is 4.08. The van der Waals surface area contributed by atoms with Gasteiger partial charge < -0.3 is 4.90 Å². The van der Waals surface area contributed by atoms with Crippen molar-refractivity contribution >= 4 is 61.6 Å². The van der Waals surface area contributed by atoms with Crippen LogP contribution in [0.5, 0.6) is 0 Å². The highest BCUT2D eigenvalue weighted by Gasteiger charge is 2.49. The van der Waals surface area contributed by atoms with Gasteiger partial charge in [0.05, 0.1) is 24.0 Å². The number of halogens is 2. The van der Waals surface area contributed by atoms with E-state index in [2.05, 4.69) is 4.99 Å². The van der Waals surface area contributed by atoms with Gasteiger partial charge in [0.25, 0.3) is 5.91 Å². The molecule has 2 aromatic carbocycles. The second-order valence-corrected chi connectivity index (χ2v) is 10.9. The number of rotatable bonds is 3. The molecule has 0 bridgehead atoms. The first-order chi connectivity index (χ1) is 13.3. The van der Waals surface area contributed by atoms with Crippen molar-refractivity contribution < 1.29 is 13.2 Å². The van der Waals surface area contributed by atoms with E-state index >= 15 is 0 Å². The van der Waals surface area contributed by atoms with Crippen molar-refractivity contribution in [2.45, 2.75) is 17.7 Å². The summed E-state index contributed by atoms with van der Waals surface area (Å²) in [5.41, 5.74) is 1.44. The van der Waals surface area contributed by atoms with E-state index in [4.69, 9.17) is 23.2 Å². The van der Waals surface area contributed by atoms with Gasteiger partial charge in [-0.2, -0.15) is 4.99 Å². The molecule has 0 spiro atoms. The van der Waals surface area contributed by atoms with E-state index in [-0.39, 0.29) is 35.1 Å². The monoisotopic (exact) mass is 454 g/mol. The Morgan fingerprint density at radius 3 is 2.68 bits per heavy atom. The van der Waals surface area contributed by atoms with Crippen molar-refractivity contribution in [3.8, 4) is 0 Å². The number of carbonyl (C=O) groups is 1. The van der Waals surface area contributed by atoms with Crippen LogP contribution in [0.4, 0.5) is 5.69 Å². The zero-order chi connectivity index (χ0) is 19.9. The van der Waals surface area contributed by atoms with Gasteiger partial charge in [-0.25, -0.2) is 8.42 Å². The highest BCUT2D eigenvalue weighted by molar-refractivity contribution is 8.16. The van der Waals surface area contributed by atoms with E-state index in [9.17, 15) is 13.2 Å². The number of fused-ring (bicyclic) bond motifs is 1. The third-order valence-electron chi connectivity index (χ3n) is 4.67. The van der Waals surface area contributed by atoms with Gasteiger partial charge in [0.15, 0.2) is 15.0 Å². The summed E-state index contributed by atoms with van der Waals surface area (Å²) in [6, 6.07) is 14.0. The molecule has 0 N–H and O–H groups in total. The van der Waals surface area contributed by atoms with Crippen LogP contribution >= 0.6 is 35.0 Å². The molecular formula is C19H16Cl2N2O3S2. The quantitative estimate of drug-likeness (QED) is 0.704. The van der Waals surface area contributed by atoms with E-state index < -0.39 is 9.84 Å². The van der Waals surface area contributed by atoms with E-state index in [0.29, 0.717) is 20.8 Å². The molecule has 0 radical (unpaired) electrons. The summed E-state index contributed by atoms with van der Waals surface area (Å²) in [5.74, 6) is -0.211. The number of aliphatic imine (C=N–C) groups is 1. The Balaban J connectivity index is 1.66. The Bertz CT molecular complexity index is 1070. The summed E-state index contributed by atoms with van der Waals surface area (Å²) >= 11 is 13.6. The molecule has 28 heavy (non-hydrogen) atoms. The second-order valence-electron chi connectivity index (χ2n) is 6.71. The van der Waals surface area contributed by atoms with Crippen molar-refractivity contribution in [1.29, 1.82) is 0 Å². The molecule has 2 unspecified atom stereocenters. The molecule has 5 nitrogen and oxygen atoms in total. The first kappa shape index (κ1) is 19.8. The van der Waals surface area contributed by atoms with E-state index in [1.807, 2.05) is 17.0 Å². The number of nitrogens with zero attached hydrogens (tertiary/aromatic N) is 2. The standard InChI is InChI=1S/C19H16Cl2N2O3S2/c20-13-5-3-6-14(9-13)23-16-10-28(25,26)11-17(16)27-19(23)22-18(24)8-12-4-1-2-7-15(12)21/h1-7,9,16-17H,8,10-11H2. The van der Waals surface area contributed by atoms with Gasteiger partial charge in [-0.3, -0.25) is 4.79 Å². The number of sulfone groups is 1. The first-order valence-corrected chi connectivity index (χ1v) is 12.0. The molecule has 146 valence electrons. The van der Waals surface area contributed by atoms with E-state index in [1.54, 1.807) is 36.4 Å². The summed E-state index contributed by atoms with van der Waals surface area (Å²) in [7, 11) is -3.12. The molecule has 2 saturated heterocycles. The van der Waals surface area contributed by atoms with Gasteiger partial charge in [-0.05, 0) is 29.8 Å². The highest BCUT2D eigenvalue weighted by Crippen LogP contribution is 2.41. The summed E-state index contributed by atoms with van der Waals surface area (Å²) in [5, 5.41) is 1.40. The Labute approximate surface area is 177 Å². The molecule has 1 amide bonds. The maximum Gasteiger partial charge on any atom is 0.252 e. The minimum atomic E-state index is -3.12. The number of amides is 1. The van der Waals surface area contributed by atoms with Crippen LogP contribution in [0, 0.1) is 0 Å². The number of benzene rings is 2. The van der Waals surface area contributed by atoms with E-state index in [1.165, 1.54) is 11.8 Å². The lowest BCUT2D eigenvalue weighted by Crippen LogP contribution is -2.37. The molecule has 0 saturated carbocycles. The van der Waals surface area contributed by atoms with Crippen LogP contribution in [0.2, 0.25) is 10.0 Å². The van der Waals surface area contributed by atoms with Crippen LogP contribution in [0.1, 0.15) is 5.56 Å². The molecule has 2 fully saturated rings. The van der Waals surface area contributed by atoms with E-state index in [0.717, 1.165) is 5.69 Å². The Morgan fingerprint density at radius 1 is 1.14 bits per heavy atom. The SMILES string of the molecule is O=C(Cc1ccccc1Cl)N=C1SC2CS(=O)(=O)CC2N1c1cccc(Cl)c1. The molecule has 0 aliphatic carbocycles. The van der Waals surface area contributed by atoms with Gasteiger partial charge in [-0.15, -0.1) is 0 Å². The molecule has 9 heteroatoms. The number of carbonyl (C=O) groups excluding carboxylic acids is 1. The van der Waals surface area contributed by atoms with Gasteiger partial charge in [0.1, 0.15) is 0 Å². The van der Waals surface area contributed by atoms with Crippen molar-refractivity contribution in [3.63, 3.8) is 0 Å². The number of anilines is 1. The lowest BCUT2D eigenvalue weighted by molar-refractivity contribution is -0.117. The zero-order valence-corrected chi connectivity index (χ0v) is 17.7. The molecule has 2 aliphatic rings. The maximum atomic E-state index is 12.6. The summed E-state index contributed by atoms with van der Waals surface area (Å²) < 4.78 is 24.2. The van der Waals surface area contributed by atoms with Crippen LogP contribution < -0.4 is 4.90 Å². The highest BCUT2D eigenvalue weighted by atomic mass is 35.5.